The smallest absolute Gasteiger partial charge is 0.248 e. The summed E-state index contributed by atoms with van der Waals surface area (Å²) >= 11 is 1.37. The van der Waals surface area contributed by atoms with E-state index in [2.05, 4.69) is 10.6 Å². The van der Waals surface area contributed by atoms with Gasteiger partial charge in [0.15, 0.2) is 0 Å². The largest absolute Gasteiger partial charge is 0.323 e. The SMILES string of the molecule is CCC(Sc1cccc(NC(=O)/C=C/c2ccccc2)c1)C(=O)Nc1ccccc1F. The van der Waals surface area contributed by atoms with Crippen molar-refractivity contribution in [3.05, 3.63) is 96.3 Å². The zero-order chi connectivity index (χ0) is 22.1. The van der Waals surface area contributed by atoms with E-state index in [1.54, 1.807) is 24.3 Å². The first-order valence-corrected chi connectivity index (χ1v) is 10.8. The van der Waals surface area contributed by atoms with Crippen molar-refractivity contribution in [1.82, 2.24) is 0 Å². The summed E-state index contributed by atoms with van der Waals surface area (Å²) in [5.41, 5.74) is 1.74. The highest BCUT2D eigenvalue weighted by atomic mass is 32.2. The van der Waals surface area contributed by atoms with E-state index in [4.69, 9.17) is 0 Å². The number of benzene rings is 3. The normalized spacial score (nSPS) is 11.8. The molecule has 0 aliphatic carbocycles. The van der Waals surface area contributed by atoms with Crippen molar-refractivity contribution >= 4 is 41.0 Å². The van der Waals surface area contributed by atoms with Gasteiger partial charge in [-0.15, -0.1) is 11.8 Å². The van der Waals surface area contributed by atoms with Crippen molar-refractivity contribution in [3.63, 3.8) is 0 Å². The third kappa shape index (κ3) is 6.83. The fourth-order valence-electron chi connectivity index (χ4n) is 2.83. The first-order chi connectivity index (χ1) is 15.0. The average molecular weight is 435 g/mol. The van der Waals surface area contributed by atoms with E-state index in [0.29, 0.717) is 12.1 Å². The van der Waals surface area contributed by atoms with E-state index in [9.17, 15) is 14.0 Å². The summed E-state index contributed by atoms with van der Waals surface area (Å²) < 4.78 is 13.8. The summed E-state index contributed by atoms with van der Waals surface area (Å²) in [5, 5.41) is 5.08. The topological polar surface area (TPSA) is 58.2 Å². The van der Waals surface area contributed by atoms with Crippen molar-refractivity contribution in [3.8, 4) is 0 Å². The quantitative estimate of drug-likeness (QED) is 0.338. The van der Waals surface area contributed by atoms with Crippen molar-refractivity contribution in [1.29, 1.82) is 0 Å². The number of anilines is 2. The molecule has 3 aromatic rings. The lowest BCUT2D eigenvalue weighted by atomic mass is 10.2. The molecule has 0 saturated heterocycles. The van der Waals surface area contributed by atoms with E-state index < -0.39 is 11.1 Å². The Kier molecular flexibility index (Phi) is 8.01. The summed E-state index contributed by atoms with van der Waals surface area (Å²) in [6, 6.07) is 23.0. The Labute approximate surface area is 185 Å². The number of nitrogens with one attached hydrogen (secondary N) is 2. The van der Waals surface area contributed by atoms with Gasteiger partial charge in [0.05, 0.1) is 10.9 Å². The Morgan fingerprint density at radius 1 is 0.968 bits per heavy atom. The van der Waals surface area contributed by atoms with Gasteiger partial charge in [0, 0.05) is 16.7 Å². The number of para-hydroxylation sites is 1. The summed E-state index contributed by atoms with van der Waals surface area (Å²) in [6.07, 6.45) is 3.79. The Bertz CT molecular complexity index is 1070. The first kappa shape index (κ1) is 22.3. The molecular weight excluding hydrogens is 411 g/mol. The summed E-state index contributed by atoms with van der Waals surface area (Å²) in [5.74, 6) is -0.975. The Hall–Kier alpha value is -3.38. The van der Waals surface area contributed by atoms with Gasteiger partial charge in [-0.3, -0.25) is 9.59 Å². The number of thioether (sulfide) groups is 1. The number of halogens is 1. The van der Waals surface area contributed by atoms with Gasteiger partial charge >= 0.3 is 0 Å². The van der Waals surface area contributed by atoms with E-state index >= 15 is 0 Å². The number of amides is 2. The van der Waals surface area contributed by atoms with Crippen molar-refractivity contribution < 1.29 is 14.0 Å². The number of hydrogen-bond donors (Lipinski definition) is 2. The van der Waals surface area contributed by atoms with E-state index in [1.165, 1.54) is 30.0 Å². The minimum atomic E-state index is -0.469. The van der Waals surface area contributed by atoms with Crippen LogP contribution in [0.15, 0.2) is 89.8 Å². The molecule has 2 N–H and O–H groups in total. The number of rotatable bonds is 8. The minimum Gasteiger partial charge on any atom is -0.323 e. The second-order valence-electron chi connectivity index (χ2n) is 6.74. The standard InChI is InChI=1S/C25H23FN2O2S/c1-2-23(25(30)28-22-14-7-6-13-21(22)26)31-20-12-8-11-19(17-20)27-24(29)16-15-18-9-4-3-5-10-18/h3-17,23H,2H2,1H3,(H,27,29)(H,28,30)/b16-15+. The average Bonchev–Trinajstić information content (AvgIpc) is 2.78. The van der Waals surface area contributed by atoms with Gasteiger partial charge in [0.25, 0.3) is 0 Å². The van der Waals surface area contributed by atoms with Crippen LogP contribution in [-0.4, -0.2) is 17.1 Å². The molecule has 0 aliphatic rings. The maximum atomic E-state index is 13.8. The molecule has 0 heterocycles. The van der Waals surface area contributed by atoms with Crippen LogP contribution in [0.4, 0.5) is 15.8 Å². The van der Waals surface area contributed by atoms with Crippen LogP contribution in [0.2, 0.25) is 0 Å². The molecular formula is C25H23FN2O2S. The summed E-state index contributed by atoms with van der Waals surface area (Å²) in [4.78, 5) is 25.7. The molecule has 4 nitrogen and oxygen atoms in total. The second kappa shape index (κ2) is 11.1. The summed E-state index contributed by atoms with van der Waals surface area (Å²) in [6.45, 7) is 1.90. The van der Waals surface area contributed by atoms with Crippen LogP contribution in [0.5, 0.6) is 0 Å². The Balaban J connectivity index is 1.62. The fourth-order valence-corrected chi connectivity index (χ4v) is 3.84. The molecule has 1 atom stereocenters. The molecule has 0 fully saturated rings. The van der Waals surface area contributed by atoms with Crippen LogP contribution < -0.4 is 10.6 Å². The van der Waals surface area contributed by atoms with E-state index in [-0.39, 0.29) is 17.5 Å². The molecule has 6 heteroatoms. The first-order valence-electron chi connectivity index (χ1n) is 9.91. The molecule has 0 radical (unpaired) electrons. The van der Waals surface area contributed by atoms with Gasteiger partial charge in [-0.05, 0) is 48.4 Å². The lowest BCUT2D eigenvalue weighted by Crippen LogP contribution is -2.25. The van der Waals surface area contributed by atoms with Crippen LogP contribution in [0.25, 0.3) is 6.08 Å². The highest BCUT2D eigenvalue weighted by Crippen LogP contribution is 2.29. The predicted octanol–water partition coefficient (Wildman–Crippen LogP) is 5.99. The zero-order valence-electron chi connectivity index (χ0n) is 17.0. The molecule has 1 unspecified atom stereocenters. The van der Waals surface area contributed by atoms with Gasteiger partial charge in [-0.1, -0.05) is 55.5 Å². The molecule has 3 aromatic carbocycles. The molecule has 158 valence electrons. The fraction of sp³-hybridized carbons (Fsp3) is 0.120. The zero-order valence-corrected chi connectivity index (χ0v) is 17.9. The predicted molar refractivity (Wildman–Crippen MR) is 126 cm³/mol. The molecule has 0 bridgehead atoms. The van der Waals surface area contributed by atoms with E-state index in [0.717, 1.165) is 10.5 Å². The van der Waals surface area contributed by atoms with E-state index in [1.807, 2.05) is 55.5 Å². The van der Waals surface area contributed by atoms with Crippen LogP contribution >= 0.6 is 11.8 Å². The van der Waals surface area contributed by atoms with Crippen molar-refractivity contribution in [2.45, 2.75) is 23.5 Å². The molecule has 3 rings (SSSR count). The maximum absolute atomic E-state index is 13.8. The van der Waals surface area contributed by atoms with Crippen LogP contribution in [0, 0.1) is 5.82 Å². The number of hydrogen-bond acceptors (Lipinski definition) is 3. The maximum Gasteiger partial charge on any atom is 0.248 e. The van der Waals surface area contributed by atoms with Gasteiger partial charge in [-0.2, -0.15) is 0 Å². The van der Waals surface area contributed by atoms with Gasteiger partial charge in [0.2, 0.25) is 11.8 Å². The van der Waals surface area contributed by atoms with Crippen LogP contribution in [0.3, 0.4) is 0 Å². The highest BCUT2D eigenvalue weighted by molar-refractivity contribution is 8.00. The Morgan fingerprint density at radius 2 is 1.71 bits per heavy atom. The molecule has 31 heavy (non-hydrogen) atoms. The lowest BCUT2D eigenvalue weighted by molar-refractivity contribution is -0.115. The van der Waals surface area contributed by atoms with Crippen molar-refractivity contribution in [2.24, 2.45) is 0 Å². The third-order valence-corrected chi connectivity index (χ3v) is 5.76. The Morgan fingerprint density at radius 3 is 2.45 bits per heavy atom. The highest BCUT2D eigenvalue weighted by Gasteiger charge is 2.19. The van der Waals surface area contributed by atoms with Gasteiger partial charge < -0.3 is 10.6 Å². The number of carbonyl (C=O) groups is 2. The van der Waals surface area contributed by atoms with Gasteiger partial charge in [0.1, 0.15) is 5.82 Å². The molecule has 0 aliphatic heterocycles. The second-order valence-corrected chi connectivity index (χ2v) is 8.02. The van der Waals surface area contributed by atoms with Crippen LogP contribution in [-0.2, 0) is 9.59 Å². The minimum absolute atomic E-state index is 0.165. The number of carbonyl (C=O) groups excluding carboxylic acids is 2. The third-order valence-electron chi connectivity index (χ3n) is 4.40. The summed E-state index contributed by atoms with van der Waals surface area (Å²) in [7, 11) is 0. The lowest BCUT2D eigenvalue weighted by Gasteiger charge is -2.15. The molecule has 2 amide bonds. The molecule has 0 aromatic heterocycles. The molecule has 0 spiro atoms. The van der Waals surface area contributed by atoms with Gasteiger partial charge in [-0.25, -0.2) is 4.39 Å². The molecule has 0 saturated carbocycles. The monoisotopic (exact) mass is 434 g/mol. The van der Waals surface area contributed by atoms with Crippen LogP contribution in [0.1, 0.15) is 18.9 Å². The van der Waals surface area contributed by atoms with Crippen molar-refractivity contribution in [2.75, 3.05) is 10.6 Å².